The van der Waals surface area contributed by atoms with Crippen LogP contribution in [0.15, 0.2) is 29.4 Å². The zero-order valence-electron chi connectivity index (χ0n) is 9.02. The van der Waals surface area contributed by atoms with E-state index in [4.69, 9.17) is 0 Å². The average molecular weight is 196 g/mol. The zero-order valence-corrected chi connectivity index (χ0v) is 9.02. The normalized spacial score (nSPS) is 10.0. The Kier molecular flexibility index (Phi) is 4.80. The molecule has 0 heterocycles. The van der Waals surface area contributed by atoms with E-state index < -0.39 is 0 Å². The smallest absolute Gasteiger partial charge is 0.107 e. The predicted octanol–water partition coefficient (Wildman–Crippen LogP) is 1.48. The third kappa shape index (κ3) is 8.67. The van der Waals surface area contributed by atoms with Crippen LogP contribution >= 0.6 is 0 Å². The van der Waals surface area contributed by atoms with E-state index in [2.05, 4.69) is 33.4 Å². The first kappa shape index (κ1) is 12.6. The van der Waals surface area contributed by atoms with E-state index >= 15 is 0 Å². The van der Waals surface area contributed by atoms with Gasteiger partial charge in [-0.2, -0.15) is 0 Å². The number of hydrogen-bond acceptors (Lipinski definition) is 3. The molecule has 0 radical (unpaired) electrons. The molecule has 0 amide bonds. The second-order valence-corrected chi connectivity index (χ2v) is 4.27. The topological polar surface area (TPSA) is 52.5 Å². The minimum Gasteiger partial charge on any atom is -0.872 e. The van der Waals surface area contributed by atoms with Gasteiger partial charge in [-0.15, -0.1) is 10.7 Å². The zero-order chi connectivity index (χ0) is 11.2. The van der Waals surface area contributed by atoms with E-state index in [1.54, 1.807) is 0 Å². The monoisotopic (exact) mass is 196 g/mol. The molecule has 0 aliphatic carbocycles. The molecule has 0 bridgehead atoms. The summed E-state index contributed by atoms with van der Waals surface area (Å²) >= 11 is 0. The average Bonchev–Trinajstić information content (AvgIpc) is 2.03. The Labute approximate surface area is 84.4 Å². The highest BCUT2D eigenvalue weighted by Gasteiger charge is 1.88. The summed E-state index contributed by atoms with van der Waals surface area (Å²) in [4.78, 5) is 9.77. The third-order valence-electron chi connectivity index (χ3n) is 0.942. The van der Waals surface area contributed by atoms with E-state index in [-0.39, 0.29) is 11.4 Å². The maximum Gasteiger partial charge on any atom is 0.107 e. The number of benzene rings is 1. The first-order valence-electron chi connectivity index (χ1n) is 4.22. The molecule has 0 spiro atoms. The van der Waals surface area contributed by atoms with Crippen molar-refractivity contribution in [1.82, 2.24) is 0 Å². The van der Waals surface area contributed by atoms with Crippen molar-refractivity contribution in [2.24, 2.45) is 5.18 Å². The van der Waals surface area contributed by atoms with Crippen molar-refractivity contribution in [3.8, 4) is 5.75 Å². The van der Waals surface area contributed by atoms with Crippen molar-refractivity contribution < 1.29 is 9.59 Å². The summed E-state index contributed by atoms with van der Waals surface area (Å²) in [5.74, 6) is -0.109. The van der Waals surface area contributed by atoms with Gasteiger partial charge >= 0.3 is 0 Å². The molecule has 0 aromatic heterocycles. The fourth-order valence-electron chi connectivity index (χ4n) is 0.507. The Morgan fingerprint density at radius 3 is 1.71 bits per heavy atom. The van der Waals surface area contributed by atoms with Gasteiger partial charge in [-0.1, -0.05) is 12.1 Å². The highest BCUT2D eigenvalue weighted by Crippen LogP contribution is 2.13. The molecule has 78 valence electrons. The van der Waals surface area contributed by atoms with Crippen molar-refractivity contribution in [1.29, 1.82) is 0 Å². The largest absolute Gasteiger partial charge is 0.872 e. The van der Waals surface area contributed by atoms with Crippen LogP contribution in [0.3, 0.4) is 0 Å². The number of hydrogen-bond donors (Lipinski definition) is 0. The fraction of sp³-hybridized carbons (Fsp3) is 0.400. The molecule has 1 aromatic carbocycles. The minimum atomic E-state index is -0.109. The highest BCUT2D eigenvalue weighted by molar-refractivity contribution is 5.39. The molecule has 0 aliphatic heterocycles. The predicted molar refractivity (Wildman–Crippen MR) is 55.3 cm³/mol. The lowest BCUT2D eigenvalue weighted by atomic mass is 10.3. The van der Waals surface area contributed by atoms with Crippen LogP contribution in [0.4, 0.5) is 5.69 Å². The van der Waals surface area contributed by atoms with Crippen molar-refractivity contribution in [2.75, 3.05) is 28.2 Å². The van der Waals surface area contributed by atoms with Crippen molar-refractivity contribution in [3.63, 3.8) is 0 Å². The van der Waals surface area contributed by atoms with Crippen LogP contribution in [-0.4, -0.2) is 32.7 Å². The maximum atomic E-state index is 10.4. The van der Waals surface area contributed by atoms with Gasteiger partial charge in [0.2, 0.25) is 0 Å². The molecule has 0 aliphatic rings. The molecular weight excluding hydrogens is 180 g/mol. The number of nitrogens with zero attached hydrogens (tertiary/aromatic N) is 2. The van der Waals surface area contributed by atoms with E-state index in [0.717, 1.165) is 4.48 Å². The molecule has 4 heteroatoms. The first-order chi connectivity index (χ1) is 6.33. The lowest BCUT2D eigenvalue weighted by Gasteiger charge is -2.14. The Balaban J connectivity index is 0.000000292. The lowest BCUT2D eigenvalue weighted by Crippen LogP contribution is -2.27. The number of nitroso groups, excluding NO2 is 1. The Morgan fingerprint density at radius 2 is 1.43 bits per heavy atom. The second kappa shape index (κ2) is 5.34. The molecule has 0 saturated carbocycles. The van der Waals surface area contributed by atoms with Gasteiger partial charge in [-0.25, -0.2) is 0 Å². The van der Waals surface area contributed by atoms with E-state index in [1.165, 1.54) is 24.3 Å². The highest BCUT2D eigenvalue weighted by atomic mass is 16.3. The Hall–Kier alpha value is -1.42. The molecule has 0 atom stereocenters. The molecule has 0 saturated heterocycles. The minimum absolute atomic E-state index is 0.109. The molecule has 0 fully saturated rings. The molecule has 0 unspecified atom stereocenters. The van der Waals surface area contributed by atoms with Gasteiger partial charge in [0.1, 0.15) is 5.69 Å². The van der Waals surface area contributed by atoms with E-state index in [1.807, 2.05) is 0 Å². The molecular formula is C10H16N2O2. The molecule has 1 aromatic rings. The summed E-state index contributed by atoms with van der Waals surface area (Å²) in [7, 11) is 8.50. The van der Waals surface area contributed by atoms with Gasteiger partial charge in [0, 0.05) is 0 Å². The van der Waals surface area contributed by atoms with Crippen LogP contribution < -0.4 is 5.11 Å². The summed E-state index contributed by atoms with van der Waals surface area (Å²) < 4.78 is 1.00. The SMILES string of the molecule is C[N+](C)(C)C.O=Nc1ccc([O-])cc1. The summed E-state index contributed by atoms with van der Waals surface area (Å²) in [6.45, 7) is 0. The fourth-order valence-corrected chi connectivity index (χ4v) is 0.507. The number of quaternary nitrogens is 1. The number of rotatable bonds is 1. The lowest BCUT2D eigenvalue weighted by molar-refractivity contribution is -0.849. The van der Waals surface area contributed by atoms with Crippen LogP contribution in [0.5, 0.6) is 5.75 Å². The van der Waals surface area contributed by atoms with Crippen LogP contribution in [0.1, 0.15) is 0 Å². The summed E-state index contributed by atoms with van der Waals surface area (Å²) in [5.41, 5.74) is 0.287. The molecule has 4 nitrogen and oxygen atoms in total. The van der Waals surface area contributed by atoms with Gasteiger partial charge in [0.15, 0.2) is 0 Å². The van der Waals surface area contributed by atoms with Gasteiger partial charge < -0.3 is 9.59 Å². The van der Waals surface area contributed by atoms with Crippen LogP contribution in [0.2, 0.25) is 0 Å². The maximum absolute atomic E-state index is 10.4. The van der Waals surface area contributed by atoms with Gasteiger partial charge in [0.25, 0.3) is 0 Å². The van der Waals surface area contributed by atoms with Crippen molar-refractivity contribution >= 4 is 5.69 Å². The van der Waals surface area contributed by atoms with Gasteiger partial charge in [-0.05, 0) is 17.3 Å². The molecule has 1 rings (SSSR count). The summed E-state index contributed by atoms with van der Waals surface area (Å²) in [6, 6.07) is 5.37. The third-order valence-corrected chi connectivity index (χ3v) is 0.942. The van der Waals surface area contributed by atoms with Crippen LogP contribution in [-0.2, 0) is 0 Å². The summed E-state index contributed by atoms with van der Waals surface area (Å²) in [6.07, 6.45) is 0. The quantitative estimate of drug-likeness (QED) is 0.504. The second-order valence-electron chi connectivity index (χ2n) is 4.27. The van der Waals surface area contributed by atoms with Crippen LogP contribution in [0, 0.1) is 4.91 Å². The van der Waals surface area contributed by atoms with Gasteiger partial charge in [-0.3, -0.25) is 0 Å². The van der Waals surface area contributed by atoms with Crippen molar-refractivity contribution in [3.05, 3.63) is 29.2 Å². The standard InChI is InChI=1S/C6H5NO2.C4H12N/c8-6-3-1-5(7-9)2-4-6;1-5(2,3)4/h1-4,8H;1-4H3/q;+1/p-1. The summed E-state index contributed by atoms with van der Waals surface area (Å²) in [5, 5.41) is 13.0. The van der Waals surface area contributed by atoms with E-state index in [0.29, 0.717) is 0 Å². The van der Waals surface area contributed by atoms with E-state index in [9.17, 15) is 10.0 Å². The first-order valence-corrected chi connectivity index (χ1v) is 4.22. The van der Waals surface area contributed by atoms with Crippen molar-refractivity contribution in [2.45, 2.75) is 0 Å². The Morgan fingerprint density at radius 1 is 1.07 bits per heavy atom. The molecule has 0 N–H and O–H groups in total. The van der Waals surface area contributed by atoms with Gasteiger partial charge in [0.05, 0.1) is 28.2 Å². The Bertz CT molecular complexity index is 269. The molecule has 14 heavy (non-hydrogen) atoms. The van der Waals surface area contributed by atoms with Crippen LogP contribution in [0.25, 0.3) is 0 Å².